The van der Waals surface area contributed by atoms with Crippen molar-refractivity contribution in [1.82, 2.24) is 0 Å². The third kappa shape index (κ3) is 2.07. The zero-order valence-corrected chi connectivity index (χ0v) is 10.1. The molecule has 0 amide bonds. The monoisotopic (exact) mass is 235 g/mol. The Morgan fingerprint density at radius 3 is 2.88 bits per heavy atom. The summed E-state index contributed by atoms with van der Waals surface area (Å²) >= 11 is 0. The lowest BCUT2D eigenvalue weighted by Gasteiger charge is -2.14. The van der Waals surface area contributed by atoms with E-state index in [4.69, 9.17) is 5.11 Å². The topological polar surface area (TPSA) is 60.8 Å². The number of carboxylic acids is 1. The number of benzene rings is 1. The molecule has 0 aromatic heterocycles. The molecule has 17 heavy (non-hydrogen) atoms. The summed E-state index contributed by atoms with van der Waals surface area (Å²) in [5.74, 6) is -1.03. The highest BCUT2D eigenvalue weighted by molar-refractivity contribution is 5.71. The SMILES string of the molecule is CC(Cc1ccc2c(c1O)CCN2C)C(=O)O. The molecule has 92 valence electrons. The summed E-state index contributed by atoms with van der Waals surface area (Å²) in [7, 11) is 1.99. The summed E-state index contributed by atoms with van der Waals surface area (Å²) in [4.78, 5) is 12.9. The molecule has 1 aliphatic heterocycles. The Balaban J connectivity index is 2.29. The number of phenols is 1. The van der Waals surface area contributed by atoms with Gasteiger partial charge in [-0.25, -0.2) is 0 Å². The Bertz CT molecular complexity index is 456. The molecule has 0 bridgehead atoms. The Hall–Kier alpha value is -1.71. The van der Waals surface area contributed by atoms with Gasteiger partial charge in [-0.3, -0.25) is 4.79 Å². The number of carbonyl (C=O) groups is 1. The molecular weight excluding hydrogens is 218 g/mol. The van der Waals surface area contributed by atoms with Gasteiger partial charge in [0, 0.05) is 24.8 Å². The zero-order valence-electron chi connectivity index (χ0n) is 10.1. The van der Waals surface area contributed by atoms with Crippen molar-refractivity contribution in [2.45, 2.75) is 19.8 Å². The second kappa shape index (κ2) is 4.28. The molecule has 0 saturated heterocycles. The lowest BCUT2D eigenvalue weighted by atomic mass is 9.97. The fourth-order valence-corrected chi connectivity index (χ4v) is 2.26. The molecule has 1 aliphatic rings. The summed E-state index contributed by atoms with van der Waals surface area (Å²) in [6.07, 6.45) is 1.20. The Morgan fingerprint density at radius 2 is 2.24 bits per heavy atom. The van der Waals surface area contributed by atoms with Crippen LogP contribution in [-0.2, 0) is 17.6 Å². The number of hydrogen-bond acceptors (Lipinski definition) is 3. The van der Waals surface area contributed by atoms with Gasteiger partial charge in [0.2, 0.25) is 0 Å². The number of aromatic hydroxyl groups is 1. The van der Waals surface area contributed by atoms with E-state index in [0.29, 0.717) is 6.42 Å². The first-order valence-electron chi connectivity index (χ1n) is 5.78. The van der Waals surface area contributed by atoms with Gasteiger partial charge in [-0.15, -0.1) is 0 Å². The molecule has 1 atom stereocenters. The minimum absolute atomic E-state index is 0.278. The van der Waals surface area contributed by atoms with Crippen LogP contribution < -0.4 is 4.90 Å². The zero-order chi connectivity index (χ0) is 12.6. The van der Waals surface area contributed by atoms with Crippen molar-refractivity contribution >= 4 is 11.7 Å². The van der Waals surface area contributed by atoms with Gasteiger partial charge < -0.3 is 15.1 Å². The van der Waals surface area contributed by atoms with Crippen molar-refractivity contribution < 1.29 is 15.0 Å². The molecule has 0 fully saturated rings. The predicted molar refractivity (Wildman–Crippen MR) is 65.6 cm³/mol. The number of aliphatic carboxylic acids is 1. The maximum atomic E-state index is 10.8. The van der Waals surface area contributed by atoms with E-state index in [1.807, 2.05) is 19.2 Å². The van der Waals surface area contributed by atoms with E-state index in [2.05, 4.69) is 4.90 Å². The first-order chi connectivity index (χ1) is 8.00. The van der Waals surface area contributed by atoms with E-state index in [1.54, 1.807) is 6.92 Å². The molecule has 1 aromatic carbocycles. The number of nitrogens with zero attached hydrogens (tertiary/aromatic N) is 1. The van der Waals surface area contributed by atoms with Crippen molar-refractivity contribution in [2.75, 3.05) is 18.5 Å². The summed E-state index contributed by atoms with van der Waals surface area (Å²) in [5, 5.41) is 19.0. The Kier molecular flexibility index (Phi) is 2.96. The van der Waals surface area contributed by atoms with Gasteiger partial charge in [-0.1, -0.05) is 13.0 Å². The summed E-state index contributed by atoms with van der Waals surface area (Å²) in [6, 6.07) is 3.79. The van der Waals surface area contributed by atoms with Crippen molar-refractivity contribution in [3.8, 4) is 5.75 Å². The van der Waals surface area contributed by atoms with E-state index in [0.717, 1.165) is 29.8 Å². The number of anilines is 1. The van der Waals surface area contributed by atoms with Gasteiger partial charge in [0.05, 0.1) is 5.92 Å². The molecule has 0 radical (unpaired) electrons. The number of likely N-dealkylation sites (N-methyl/N-ethyl adjacent to an activating group) is 1. The molecular formula is C13H17NO3. The highest BCUT2D eigenvalue weighted by Crippen LogP contribution is 2.36. The molecule has 4 nitrogen and oxygen atoms in total. The van der Waals surface area contributed by atoms with Crippen LogP contribution in [0.25, 0.3) is 0 Å². The van der Waals surface area contributed by atoms with E-state index in [1.165, 1.54) is 0 Å². The third-order valence-electron chi connectivity index (χ3n) is 3.40. The summed E-state index contributed by atoms with van der Waals surface area (Å²) in [5.41, 5.74) is 2.73. The highest BCUT2D eigenvalue weighted by atomic mass is 16.4. The number of phenolic OH excluding ortho intramolecular Hbond substituents is 1. The van der Waals surface area contributed by atoms with Crippen LogP contribution >= 0.6 is 0 Å². The smallest absolute Gasteiger partial charge is 0.306 e. The normalized spacial score (nSPS) is 15.8. The van der Waals surface area contributed by atoms with Crippen molar-refractivity contribution in [2.24, 2.45) is 5.92 Å². The lowest BCUT2D eigenvalue weighted by Crippen LogP contribution is -2.13. The first-order valence-corrected chi connectivity index (χ1v) is 5.78. The largest absolute Gasteiger partial charge is 0.507 e. The van der Waals surface area contributed by atoms with Gasteiger partial charge in [0.15, 0.2) is 0 Å². The van der Waals surface area contributed by atoms with E-state index < -0.39 is 11.9 Å². The van der Waals surface area contributed by atoms with Crippen LogP contribution in [0.2, 0.25) is 0 Å². The first kappa shape index (κ1) is 11.8. The van der Waals surface area contributed by atoms with Crippen LogP contribution in [0.1, 0.15) is 18.1 Å². The van der Waals surface area contributed by atoms with Crippen LogP contribution in [0.15, 0.2) is 12.1 Å². The highest BCUT2D eigenvalue weighted by Gasteiger charge is 2.22. The number of hydrogen-bond donors (Lipinski definition) is 2. The van der Waals surface area contributed by atoms with Gasteiger partial charge in [-0.2, -0.15) is 0 Å². The van der Waals surface area contributed by atoms with Crippen LogP contribution in [0.3, 0.4) is 0 Å². The minimum atomic E-state index is -0.831. The van der Waals surface area contributed by atoms with Gasteiger partial charge in [-0.05, 0) is 24.5 Å². The molecule has 0 aliphatic carbocycles. The van der Waals surface area contributed by atoms with E-state index >= 15 is 0 Å². The lowest BCUT2D eigenvalue weighted by molar-refractivity contribution is -0.141. The van der Waals surface area contributed by atoms with E-state index in [-0.39, 0.29) is 5.75 Å². The van der Waals surface area contributed by atoms with Gasteiger partial charge >= 0.3 is 5.97 Å². The number of fused-ring (bicyclic) bond motifs is 1. The molecule has 0 spiro atoms. The van der Waals surface area contributed by atoms with Gasteiger partial charge in [0.25, 0.3) is 0 Å². The Morgan fingerprint density at radius 1 is 1.53 bits per heavy atom. The molecule has 2 N–H and O–H groups in total. The second-order valence-electron chi connectivity index (χ2n) is 4.69. The van der Waals surface area contributed by atoms with Crippen molar-refractivity contribution in [1.29, 1.82) is 0 Å². The van der Waals surface area contributed by atoms with Crippen LogP contribution in [0.4, 0.5) is 5.69 Å². The van der Waals surface area contributed by atoms with Crippen LogP contribution in [-0.4, -0.2) is 29.8 Å². The Labute approximate surface area is 100 Å². The summed E-state index contributed by atoms with van der Waals surface area (Å²) in [6.45, 7) is 2.56. The summed E-state index contributed by atoms with van der Waals surface area (Å²) < 4.78 is 0. The average Bonchev–Trinajstić information content (AvgIpc) is 2.65. The fraction of sp³-hybridized carbons (Fsp3) is 0.462. The standard InChI is InChI=1S/C13H17NO3/c1-8(13(16)17)7-9-3-4-11-10(12(9)15)5-6-14(11)2/h3-4,8,15H,5-7H2,1-2H3,(H,16,17). The van der Waals surface area contributed by atoms with Gasteiger partial charge in [0.1, 0.15) is 5.75 Å². The number of rotatable bonds is 3. The van der Waals surface area contributed by atoms with E-state index in [9.17, 15) is 9.90 Å². The third-order valence-corrected chi connectivity index (χ3v) is 3.40. The minimum Gasteiger partial charge on any atom is -0.507 e. The maximum Gasteiger partial charge on any atom is 0.306 e. The fourth-order valence-electron chi connectivity index (χ4n) is 2.26. The maximum absolute atomic E-state index is 10.8. The predicted octanol–water partition coefficient (Wildman–Crippen LogP) is 1.65. The van der Waals surface area contributed by atoms with Crippen molar-refractivity contribution in [3.63, 3.8) is 0 Å². The molecule has 4 heteroatoms. The van der Waals surface area contributed by atoms with Crippen molar-refractivity contribution in [3.05, 3.63) is 23.3 Å². The average molecular weight is 235 g/mol. The molecule has 1 heterocycles. The number of carboxylic acid groups (broad SMARTS) is 1. The quantitative estimate of drug-likeness (QED) is 0.836. The second-order valence-corrected chi connectivity index (χ2v) is 4.69. The molecule has 1 aromatic rings. The van der Waals surface area contributed by atoms with Crippen LogP contribution in [0, 0.1) is 5.92 Å². The molecule has 2 rings (SSSR count). The van der Waals surface area contributed by atoms with Crippen LogP contribution in [0.5, 0.6) is 5.75 Å². The molecule has 1 unspecified atom stereocenters. The molecule has 0 saturated carbocycles.